The Morgan fingerprint density at radius 2 is 2.33 bits per heavy atom. The van der Waals surface area contributed by atoms with Crippen molar-refractivity contribution in [2.24, 2.45) is 0 Å². The number of nitrogens with one attached hydrogen (secondary N) is 2. The van der Waals surface area contributed by atoms with Gasteiger partial charge in [0, 0.05) is 22.7 Å². The molecule has 0 radical (unpaired) electrons. The number of fused-ring (bicyclic) bond motifs is 1. The van der Waals surface area contributed by atoms with Gasteiger partial charge in [0.05, 0.1) is 11.1 Å². The number of thiazole rings is 1. The maximum atomic E-state index is 12.3. The third-order valence-electron chi connectivity index (χ3n) is 2.86. The number of hydrogen-bond donors (Lipinski definition) is 3. The van der Waals surface area contributed by atoms with Crippen LogP contribution >= 0.6 is 11.3 Å². The van der Waals surface area contributed by atoms with Gasteiger partial charge in [0.25, 0.3) is 5.91 Å². The van der Waals surface area contributed by atoms with E-state index in [0.717, 1.165) is 10.9 Å². The number of aromatic amines is 1. The van der Waals surface area contributed by atoms with Crippen molar-refractivity contribution in [1.82, 2.24) is 9.97 Å². The number of benzene rings is 1. The minimum Gasteiger partial charge on any atom is -0.384 e. The molecule has 0 aliphatic rings. The molecule has 0 bridgehead atoms. The number of aliphatic hydroxyl groups is 1. The molecular weight excluding hydrogens is 286 g/mol. The molecule has 0 fully saturated rings. The molecule has 0 aliphatic heterocycles. The fourth-order valence-corrected chi connectivity index (χ4v) is 2.65. The standard InChI is InChI=1S/C15H11N3O2S/c19-8-2-3-10-9-17-15(21-10)18-14(20)12-4-1-5-13-11(12)6-7-16-13/h1,4-7,9,16,19H,8H2,(H,17,18,20). The van der Waals surface area contributed by atoms with Crippen LogP contribution in [0.25, 0.3) is 10.9 Å². The van der Waals surface area contributed by atoms with Gasteiger partial charge in [0.2, 0.25) is 0 Å². The fourth-order valence-electron chi connectivity index (χ4n) is 1.96. The average molecular weight is 297 g/mol. The quantitative estimate of drug-likeness (QED) is 0.635. The summed E-state index contributed by atoms with van der Waals surface area (Å²) in [5.74, 6) is 5.08. The van der Waals surface area contributed by atoms with E-state index in [2.05, 4.69) is 27.1 Å². The molecule has 104 valence electrons. The number of anilines is 1. The van der Waals surface area contributed by atoms with E-state index in [-0.39, 0.29) is 12.5 Å². The number of hydrogen-bond acceptors (Lipinski definition) is 4. The molecule has 2 heterocycles. The van der Waals surface area contributed by atoms with Crippen LogP contribution in [0.1, 0.15) is 15.2 Å². The third-order valence-corrected chi connectivity index (χ3v) is 3.68. The Bertz CT molecular complexity index is 854. The summed E-state index contributed by atoms with van der Waals surface area (Å²) in [7, 11) is 0. The van der Waals surface area contributed by atoms with E-state index < -0.39 is 0 Å². The Labute approximate surface area is 124 Å². The average Bonchev–Trinajstić information content (AvgIpc) is 3.13. The minimum atomic E-state index is -0.212. The van der Waals surface area contributed by atoms with Crippen molar-refractivity contribution in [3.8, 4) is 11.8 Å². The van der Waals surface area contributed by atoms with Crippen molar-refractivity contribution in [2.75, 3.05) is 11.9 Å². The topological polar surface area (TPSA) is 78.0 Å². The van der Waals surface area contributed by atoms with Gasteiger partial charge in [-0.25, -0.2) is 4.98 Å². The van der Waals surface area contributed by atoms with E-state index in [1.807, 2.05) is 18.2 Å². The zero-order valence-corrected chi connectivity index (χ0v) is 11.7. The maximum absolute atomic E-state index is 12.3. The van der Waals surface area contributed by atoms with Gasteiger partial charge in [0.1, 0.15) is 6.61 Å². The van der Waals surface area contributed by atoms with Crippen LogP contribution in [0, 0.1) is 11.8 Å². The van der Waals surface area contributed by atoms with E-state index in [1.165, 1.54) is 11.3 Å². The molecule has 0 aliphatic carbocycles. The molecule has 2 aromatic heterocycles. The zero-order chi connectivity index (χ0) is 14.7. The summed E-state index contributed by atoms with van der Waals surface area (Å²) in [6, 6.07) is 7.38. The van der Waals surface area contributed by atoms with Crippen LogP contribution in [-0.4, -0.2) is 27.6 Å². The van der Waals surface area contributed by atoms with Crippen LogP contribution in [0.5, 0.6) is 0 Å². The molecule has 0 saturated heterocycles. The van der Waals surface area contributed by atoms with Crippen LogP contribution in [0.2, 0.25) is 0 Å². The molecule has 0 saturated carbocycles. The number of carbonyl (C=O) groups excluding carboxylic acids is 1. The van der Waals surface area contributed by atoms with Gasteiger partial charge in [-0.15, -0.1) is 0 Å². The number of amides is 1. The summed E-state index contributed by atoms with van der Waals surface area (Å²) in [6.45, 7) is -0.199. The molecule has 6 heteroatoms. The number of rotatable bonds is 2. The molecule has 0 spiro atoms. The van der Waals surface area contributed by atoms with Gasteiger partial charge in [0.15, 0.2) is 5.13 Å². The summed E-state index contributed by atoms with van der Waals surface area (Å²) in [4.78, 5) is 20.2. The van der Waals surface area contributed by atoms with Crippen LogP contribution in [0.3, 0.4) is 0 Å². The van der Waals surface area contributed by atoms with Crippen molar-refractivity contribution in [2.45, 2.75) is 0 Å². The van der Waals surface area contributed by atoms with Gasteiger partial charge >= 0.3 is 0 Å². The minimum absolute atomic E-state index is 0.199. The SMILES string of the molecule is O=C(Nc1ncc(C#CCO)s1)c1cccc2[nH]ccc12. The first-order chi connectivity index (χ1) is 10.3. The van der Waals surface area contributed by atoms with Gasteiger partial charge in [-0.2, -0.15) is 0 Å². The first-order valence-electron chi connectivity index (χ1n) is 6.21. The van der Waals surface area contributed by atoms with Gasteiger partial charge in [-0.05, 0) is 18.2 Å². The van der Waals surface area contributed by atoms with Crippen molar-refractivity contribution in [3.05, 3.63) is 47.1 Å². The third kappa shape index (κ3) is 2.79. The highest BCUT2D eigenvalue weighted by Gasteiger charge is 2.12. The van der Waals surface area contributed by atoms with Crippen molar-refractivity contribution in [1.29, 1.82) is 0 Å². The second kappa shape index (κ2) is 5.79. The van der Waals surface area contributed by atoms with Crippen molar-refractivity contribution in [3.63, 3.8) is 0 Å². The normalized spacial score (nSPS) is 10.1. The second-order valence-electron chi connectivity index (χ2n) is 4.19. The predicted molar refractivity (Wildman–Crippen MR) is 82.3 cm³/mol. The molecule has 3 N–H and O–H groups in total. The molecular formula is C15H11N3O2S. The van der Waals surface area contributed by atoms with E-state index in [1.54, 1.807) is 18.5 Å². The number of aromatic nitrogens is 2. The predicted octanol–water partition coefficient (Wildman–Crippen LogP) is 2.22. The molecule has 3 aromatic rings. The number of aliphatic hydroxyl groups excluding tert-OH is 1. The first-order valence-corrected chi connectivity index (χ1v) is 7.02. The van der Waals surface area contributed by atoms with Gasteiger partial charge < -0.3 is 10.1 Å². The van der Waals surface area contributed by atoms with Crippen LogP contribution in [0.15, 0.2) is 36.7 Å². The van der Waals surface area contributed by atoms with Gasteiger partial charge in [-0.1, -0.05) is 29.2 Å². The Kier molecular flexibility index (Phi) is 3.69. The molecule has 0 atom stereocenters. The summed E-state index contributed by atoms with van der Waals surface area (Å²) in [6.07, 6.45) is 3.37. The van der Waals surface area contributed by atoms with Crippen molar-refractivity contribution < 1.29 is 9.90 Å². The fraction of sp³-hybridized carbons (Fsp3) is 0.0667. The summed E-state index contributed by atoms with van der Waals surface area (Å²) >= 11 is 1.27. The van der Waals surface area contributed by atoms with E-state index in [9.17, 15) is 4.79 Å². The van der Waals surface area contributed by atoms with E-state index in [4.69, 9.17) is 5.11 Å². The van der Waals surface area contributed by atoms with Crippen LogP contribution < -0.4 is 5.32 Å². The summed E-state index contributed by atoms with van der Waals surface area (Å²) in [5.41, 5.74) is 1.50. The number of H-pyrrole nitrogens is 1. The lowest BCUT2D eigenvalue weighted by atomic mass is 10.1. The van der Waals surface area contributed by atoms with Crippen molar-refractivity contribution >= 4 is 33.3 Å². The molecule has 0 unspecified atom stereocenters. The number of nitrogens with zero attached hydrogens (tertiary/aromatic N) is 1. The monoisotopic (exact) mass is 297 g/mol. The molecule has 1 aromatic carbocycles. The zero-order valence-electron chi connectivity index (χ0n) is 10.9. The lowest BCUT2D eigenvalue weighted by molar-refractivity contribution is 0.102. The van der Waals surface area contributed by atoms with Crippen LogP contribution in [-0.2, 0) is 0 Å². The molecule has 21 heavy (non-hydrogen) atoms. The smallest absolute Gasteiger partial charge is 0.258 e. The Hall–Kier alpha value is -2.62. The maximum Gasteiger partial charge on any atom is 0.258 e. The van der Waals surface area contributed by atoms with E-state index >= 15 is 0 Å². The highest BCUT2D eigenvalue weighted by atomic mass is 32.1. The largest absolute Gasteiger partial charge is 0.384 e. The highest BCUT2D eigenvalue weighted by molar-refractivity contribution is 7.16. The lowest BCUT2D eigenvalue weighted by Crippen LogP contribution is -2.11. The van der Waals surface area contributed by atoms with Gasteiger partial charge in [-0.3, -0.25) is 10.1 Å². The van der Waals surface area contributed by atoms with E-state index in [0.29, 0.717) is 15.6 Å². The summed E-state index contributed by atoms with van der Waals surface area (Å²) in [5, 5.41) is 12.8. The number of carbonyl (C=O) groups is 1. The van der Waals surface area contributed by atoms with Crippen LogP contribution in [0.4, 0.5) is 5.13 Å². The Morgan fingerprint density at radius 1 is 1.43 bits per heavy atom. The molecule has 1 amide bonds. The summed E-state index contributed by atoms with van der Waals surface area (Å²) < 4.78 is 0. The second-order valence-corrected chi connectivity index (χ2v) is 5.22. The first kappa shape index (κ1) is 13.4. The Balaban J connectivity index is 1.83. The Morgan fingerprint density at radius 3 is 3.19 bits per heavy atom. The highest BCUT2D eigenvalue weighted by Crippen LogP contribution is 2.21. The molecule has 5 nitrogen and oxygen atoms in total. The molecule has 3 rings (SSSR count). The lowest BCUT2D eigenvalue weighted by Gasteiger charge is -2.03.